The van der Waals surface area contributed by atoms with E-state index in [4.69, 9.17) is 10.00 Å². The number of pyridine rings is 1. The van der Waals surface area contributed by atoms with Crippen LogP contribution in [0.5, 0.6) is 0 Å². The fourth-order valence-corrected chi connectivity index (χ4v) is 4.28. The van der Waals surface area contributed by atoms with Crippen LogP contribution in [0, 0.1) is 23.7 Å². The number of rotatable bonds is 6. The Morgan fingerprint density at radius 1 is 1.34 bits per heavy atom. The molecule has 2 aromatic rings. The van der Waals surface area contributed by atoms with Gasteiger partial charge in [0, 0.05) is 31.4 Å². The first-order chi connectivity index (χ1) is 14.0. The number of hydrogen-bond acceptors (Lipinski definition) is 6. The van der Waals surface area contributed by atoms with Gasteiger partial charge >= 0.3 is 5.97 Å². The first-order valence-corrected chi connectivity index (χ1v) is 10.1. The van der Waals surface area contributed by atoms with E-state index in [-0.39, 0.29) is 11.4 Å². The fraction of sp³-hybridized carbons (Fsp3) is 0.435. The number of carbonyl (C=O) groups excluding carboxylic acids is 1. The molecule has 0 spiro atoms. The predicted molar refractivity (Wildman–Crippen MR) is 111 cm³/mol. The monoisotopic (exact) mass is 390 g/mol. The van der Waals surface area contributed by atoms with Crippen LogP contribution in [0.15, 0.2) is 30.5 Å². The first kappa shape index (κ1) is 19.4. The minimum atomic E-state index is -0.200. The highest BCUT2D eigenvalue weighted by Gasteiger charge is 2.33. The molecule has 1 N–H and O–H groups in total. The van der Waals surface area contributed by atoms with Gasteiger partial charge in [-0.05, 0) is 61.1 Å². The lowest BCUT2D eigenvalue weighted by Gasteiger charge is -2.25. The molecular formula is C23H26N4O2. The molecule has 0 amide bonds. The largest absolute Gasteiger partial charge is 0.457 e. The quantitative estimate of drug-likeness (QED) is 0.763. The maximum Gasteiger partial charge on any atom is 0.338 e. The van der Waals surface area contributed by atoms with E-state index in [1.54, 1.807) is 12.3 Å². The van der Waals surface area contributed by atoms with E-state index in [1.165, 1.54) is 11.1 Å². The molecule has 150 valence electrons. The molecule has 4 rings (SSSR count). The summed E-state index contributed by atoms with van der Waals surface area (Å²) in [4.78, 5) is 18.5. The number of hydrogen-bond donors (Lipinski definition) is 1. The number of cyclic esters (lactones) is 1. The zero-order valence-electron chi connectivity index (χ0n) is 17.0. The van der Waals surface area contributed by atoms with Gasteiger partial charge in [0.2, 0.25) is 0 Å². The number of anilines is 1. The number of carbonyl (C=O) groups is 1. The number of likely N-dealkylation sites (tertiary alicyclic amines) is 1. The van der Waals surface area contributed by atoms with Crippen LogP contribution in [0.2, 0.25) is 0 Å². The number of benzene rings is 1. The SMILES string of the molecule is Cc1c(CCN2CCC(C)(CNc3ccc(C#N)cn3)C2)ccc2c1COC2=O. The molecule has 2 aliphatic rings. The molecule has 1 fully saturated rings. The molecule has 0 radical (unpaired) electrons. The number of esters is 1. The second kappa shape index (κ2) is 7.84. The predicted octanol–water partition coefficient (Wildman–Crippen LogP) is 3.30. The highest BCUT2D eigenvalue weighted by atomic mass is 16.5. The van der Waals surface area contributed by atoms with Crippen molar-refractivity contribution in [2.24, 2.45) is 5.41 Å². The third-order valence-electron chi connectivity index (χ3n) is 6.20. The number of nitrogens with one attached hydrogen (secondary N) is 1. The summed E-state index contributed by atoms with van der Waals surface area (Å²) >= 11 is 0. The van der Waals surface area contributed by atoms with E-state index in [9.17, 15) is 4.79 Å². The Morgan fingerprint density at radius 3 is 2.97 bits per heavy atom. The van der Waals surface area contributed by atoms with E-state index in [0.717, 1.165) is 56.0 Å². The summed E-state index contributed by atoms with van der Waals surface area (Å²) in [5, 5.41) is 12.3. The topological polar surface area (TPSA) is 78.2 Å². The van der Waals surface area contributed by atoms with E-state index >= 15 is 0 Å². The van der Waals surface area contributed by atoms with Gasteiger partial charge in [0.15, 0.2) is 0 Å². The van der Waals surface area contributed by atoms with Crippen molar-refractivity contribution in [3.8, 4) is 6.07 Å². The number of fused-ring (bicyclic) bond motifs is 1. The van der Waals surface area contributed by atoms with Crippen molar-refractivity contribution in [3.05, 3.63) is 58.3 Å². The Balaban J connectivity index is 1.30. The van der Waals surface area contributed by atoms with Crippen LogP contribution in [-0.2, 0) is 17.8 Å². The summed E-state index contributed by atoms with van der Waals surface area (Å²) in [5.41, 5.74) is 5.05. The summed E-state index contributed by atoms with van der Waals surface area (Å²) in [6.45, 7) is 8.82. The lowest BCUT2D eigenvalue weighted by molar-refractivity contribution is 0.0535. The van der Waals surface area contributed by atoms with Crippen LogP contribution in [0.1, 0.15) is 46.0 Å². The van der Waals surface area contributed by atoms with E-state index in [1.807, 2.05) is 12.1 Å². The zero-order chi connectivity index (χ0) is 20.4. The van der Waals surface area contributed by atoms with Gasteiger partial charge in [-0.1, -0.05) is 13.0 Å². The van der Waals surface area contributed by atoms with Crippen molar-refractivity contribution >= 4 is 11.8 Å². The second-order valence-electron chi connectivity index (χ2n) is 8.44. The van der Waals surface area contributed by atoms with Gasteiger partial charge in [0.05, 0.1) is 11.1 Å². The highest BCUT2D eigenvalue weighted by Crippen LogP contribution is 2.31. The Labute approximate surface area is 171 Å². The molecule has 2 aliphatic heterocycles. The van der Waals surface area contributed by atoms with Crippen LogP contribution in [0.4, 0.5) is 5.82 Å². The molecule has 0 saturated carbocycles. The molecule has 1 aromatic heterocycles. The van der Waals surface area contributed by atoms with Crippen molar-refractivity contribution in [1.29, 1.82) is 5.26 Å². The molecule has 1 atom stereocenters. The molecule has 1 aromatic carbocycles. The third kappa shape index (κ3) is 4.10. The number of nitrogens with zero attached hydrogens (tertiary/aromatic N) is 3. The van der Waals surface area contributed by atoms with Gasteiger partial charge in [-0.15, -0.1) is 0 Å². The highest BCUT2D eigenvalue weighted by molar-refractivity contribution is 5.93. The Morgan fingerprint density at radius 2 is 2.21 bits per heavy atom. The normalized spacial score (nSPS) is 20.9. The zero-order valence-corrected chi connectivity index (χ0v) is 17.0. The average molecular weight is 390 g/mol. The van der Waals surface area contributed by atoms with Crippen molar-refractivity contribution in [2.75, 3.05) is 31.5 Å². The van der Waals surface area contributed by atoms with Gasteiger partial charge < -0.3 is 15.0 Å². The average Bonchev–Trinajstić information content (AvgIpc) is 3.30. The minimum Gasteiger partial charge on any atom is -0.457 e. The molecule has 1 unspecified atom stereocenters. The van der Waals surface area contributed by atoms with Gasteiger partial charge in [-0.2, -0.15) is 5.26 Å². The lowest BCUT2D eigenvalue weighted by atomic mass is 9.90. The summed E-state index contributed by atoms with van der Waals surface area (Å²) < 4.78 is 5.16. The summed E-state index contributed by atoms with van der Waals surface area (Å²) in [6.07, 6.45) is 3.72. The van der Waals surface area contributed by atoms with Gasteiger partial charge in [0.25, 0.3) is 0 Å². The molecule has 6 heteroatoms. The molecular weight excluding hydrogens is 364 g/mol. The minimum absolute atomic E-state index is 0.197. The molecule has 0 aliphatic carbocycles. The van der Waals surface area contributed by atoms with Crippen molar-refractivity contribution in [2.45, 2.75) is 33.3 Å². The van der Waals surface area contributed by atoms with E-state index < -0.39 is 0 Å². The van der Waals surface area contributed by atoms with Crippen LogP contribution >= 0.6 is 0 Å². The lowest BCUT2D eigenvalue weighted by Crippen LogP contribution is -2.32. The summed E-state index contributed by atoms with van der Waals surface area (Å²) in [7, 11) is 0. The molecule has 3 heterocycles. The Kier molecular flexibility index (Phi) is 5.25. The molecule has 29 heavy (non-hydrogen) atoms. The number of nitriles is 1. The molecule has 0 bridgehead atoms. The first-order valence-electron chi connectivity index (χ1n) is 10.1. The van der Waals surface area contributed by atoms with Gasteiger partial charge in [-0.3, -0.25) is 0 Å². The maximum atomic E-state index is 11.7. The maximum absolute atomic E-state index is 11.7. The van der Waals surface area contributed by atoms with Crippen molar-refractivity contribution in [1.82, 2.24) is 9.88 Å². The van der Waals surface area contributed by atoms with Crippen LogP contribution in [0.3, 0.4) is 0 Å². The number of aromatic nitrogens is 1. The van der Waals surface area contributed by atoms with E-state index in [0.29, 0.717) is 12.2 Å². The number of ether oxygens (including phenoxy) is 1. The smallest absolute Gasteiger partial charge is 0.338 e. The van der Waals surface area contributed by atoms with Crippen molar-refractivity contribution in [3.63, 3.8) is 0 Å². The van der Waals surface area contributed by atoms with Gasteiger partial charge in [-0.25, -0.2) is 9.78 Å². The summed E-state index contributed by atoms with van der Waals surface area (Å²) in [6, 6.07) is 9.73. The Hall–Kier alpha value is -2.91. The Bertz CT molecular complexity index is 964. The molecule has 1 saturated heterocycles. The van der Waals surface area contributed by atoms with Crippen LogP contribution in [-0.4, -0.2) is 42.0 Å². The molecule has 6 nitrogen and oxygen atoms in total. The van der Waals surface area contributed by atoms with Gasteiger partial charge in [0.1, 0.15) is 18.5 Å². The second-order valence-corrected chi connectivity index (χ2v) is 8.44. The van der Waals surface area contributed by atoms with Crippen LogP contribution < -0.4 is 5.32 Å². The fourth-order valence-electron chi connectivity index (χ4n) is 4.28. The summed E-state index contributed by atoms with van der Waals surface area (Å²) in [5.74, 6) is 0.614. The van der Waals surface area contributed by atoms with E-state index in [2.05, 4.69) is 41.2 Å². The standard InChI is InChI=1S/C23H26N4O2/c1-16-18(4-5-19-20(16)13-29-22(19)28)7-9-27-10-8-23(2,15-27)14-26-21-6-3-17(11-24)12-25-21/h3-6,12H,7-10,13-15H2,1-2H3,(H,25,26). The third-order valence-corrected chi connectivity index (χ3v) is 6.20. The van der Waals surface area contributed by atoms with Crippen molar-refractivity contribution < 1.29 is 9.53 Å². The van der Waals surface area contributed by atoms with Crippen LogP contribution in [0.25, 0.3) is 0 Å².